The smallest absolute Gasteiger partial charge is 0.411 e. The van der Waals surface area contributed by atoms with Gasteiger partial charge in [0.2, 0.25) is 0 Å². The summed E-state index contributed by atoms with van der Waals surface area (Å²) in [5.41, 5.74) is 1.03. The van der Waals surface area contributed by atoms with Gasteiger partial charge in [-0.2, -0.15) is 0 Å². The van der Waals surface area contributed by atoms with E-state index in [0.29, 0.717) is 6.61 Å². The highest BCUT2D eigenvalue weighted by atomic mass is 16.6. The third-order valence-electron chi connectivity index (χ3n) is 3.44. The van der Waals surface area contributed by atoms with E-state index < -0.39 is 0 Å². The Morgan fingerprint density at radius 2 is 1.82 bits per heavy atom. The molecular weight excluding hydrogens is 214 g/mol. The molecular formula is C14H15NO2. The number of rotatable bonds is 2. The zero-order valence-electron chi connectivity index (χ0n) is 9.58. The van der Waals surface area contributed by atoms with Crippen molar-refractivity contribution in [1.82, 2.24) is 4.90 Å². The Balaban J connectivity index is 1.58. The fourth-order valence-corrected chi connectivity index (χ4v) is 2.56. The van der Waals surface area contributed by atoms with E-state index in [1.165, 1.54) is 0 Å². The van der Waals surface area contributed by atoms with E-state index in [1.54, 1.807) is 0 Å². The van der Waals surface area contributed by atoms with Crippen LogP contribution in [0, 0.1) is 0 Å². The van der Waals surface area contributed by atoms with Crippen molar-refractivity contribution in [2.75, 3.05) is 0 Å². The van der Waals surface area contributed by atoms with Crippen molar-refractivity contribution < 1.29 is 9.53 Å². The van der Waals surface area contributed by atoms with Gasteiger partial charge in [-0.25, -0.2) is 4.79 Å². The molecule has 2 atom stereocenters. The van der Waals surface area contributed by atoms with Gasteiger partial charge in [0.15, 0.2) is 0 Å². The summed E-state index contributed by atoms with van der Waals surface area (Å²) in [4.78, 5) is 13.8. The number of hydrogen-bond donors (Lipinski definition) is 0. The average molecular weight is 229 g/mol. The van der Waals surface area contributed by atoms with Crippen LogP contribution in [0.1, 0.15) is 18.4 Å². The van der Waals surface area contributed by atoms with E-state index in [9.17, 15) is 4.79 Å². The molecule has 1 amide bonds. The Labute approximate surface area is 101 Å². The van der Waals surface area contributed by atoms with Crippen molar-refractivity contribution in [2.45, 2.75) is 31.5 Å². The number of ether oxygens (including phenoxy) is 1. The van der Waals surface area contributed by atoms with Crippen LogP contribution >= 0.6 is 0 Å². The summed E-state index contributed by atoms with van der Waals surface area (Å²) in [5.74, 6) is 0. The van der Waals surface area contributed by atoms with Crippen LogP contribution in [0.25, 0.3) is 0 Å². The molecule has 1 aromatic rings. The third-order valence-corrected chi connectivity index (χ3v) is 3.44. The maximum atomic E-state index is 11.9. The Hall–Kier alpha value is -1.77. The van der Waals surface area contributed by atoms with Gasteiger partial charge in [-0.05, 0) is 18.4 Å². The molecule has 1 saturated heterocycles. The topological polar surface area (TPSA) is 29.5 Å². The lowest BCUT2D eigenvalue weighted by atomic mass is 10.1. The van der Waals surface area contributed by atoms with Crippen molar-refractivity contribution in [1.29, 1.82) is 0 Å². The van der Waals surface area contributed by atoms with Crippen LogP contribution in [0.5, 0.6) is 0 Å². The van der Waals surface area contributed by atoms with Crippen LogP contribution in [0.4, 0.5) is 4.79 Å². The molecule has 88 valence electrons. The van der Waals surface area contributed by atoms with E-state index in [-0.39, 0.29) is 18.2 Å². The summed E-state index contributed by atoms with van der Waals surface area (Å²) in [5, 5.41) is 0. The van der Waals surface area contributed by atoms with Gasteiger partial charge < -0.3 is 4.74 Å². The number of nitrogens with zero attached hydrogens (tertiary/aromatic N) is 1. The molecule has 0 radical (unpaired) electrons. The van der Waals surface area contributed by atoms with Gasteiger partial charge in [-0.15, -0.1) is 0 Å². The summed E-state index contributed by atoms with van der Waals surface area (Å²) in [7, 11) is 0. The van der Waals surface area contributed by atoms with E-state index >= 15 is 0 Å². The second kappa shape index (κ2) is 4.24. The molecule has 0 aliphatic carbocycles. The van der Waals surface area contributed by atoms with E-state index in [0.717, 1.165) is 18.4 Å². The van der Waals surface area contributed by atoms with Crippen LogP contribution in [-0.2, 0) is 11.3 Å². The first-order valence-electron chi connectivity index (χ1n) is 6.02. The molecule has 2 heterocycles. The van der Waals surface area contributed by atoms with E-state index in [2.05, 4.69) is 12.2 Å². The first kappa shape index (κ1) is 10.4. The fraction of sp³-hybridized carbons (Fsp3) is 0.357. The highest BCUT2D eigenvalue weighted by Gasteiger charge is 2.39. The predicted octanol–water partition coefficient (Wildman–Crippen LogP) is 2.73. The maximum Gasteiger partial charge on any atom is 0.411 e. The average Bonchev–Trinajstić information content (AvgIpc) is 2.97. The molecule has 2 bridgehead atoms. The van der Waals surface area contributed by atoms with Crippen molar-refractivity contribution in [3.8, 4) is 0 Å². The number of fused-ring (bicyclic) bond motifs is 2. The Kier molecular flexibility index (Phi) is 2.59. The number of carbonyl (C=O) groups is 1. The summed E-state index contributed by atoms with van der Waals surface area (Å²) >= 11 is 0. The second-order valence-corrected chi connectivity index (χ2v) is 4.54. The molecule has 3 heteroatoms. The van der Waals surface area contributed by atoms with Crippen LogP contribution in [0.3, 0.4) is 0 Å². The maximum absolute atomic E-state index is 11.9. The molecule has 0 N–H and O–H groups in total. The lowest BCUT2D eigenvalue weighted by Gasteiger charge is -2.21. The molecule has 0 aromatic heterocycles. The molecule has 17 heavy (non-hydrogen) atoms. The van der Waals surface area contributed by atoms with Gasteiger partial charge in [-0.1, -0.05) is 42.5 Å². The summed E-state index contributed by atoms with van der Waals surface area (Å²) in [6, 6.07) is 10.3. The molecule has 3 rings (SSSR count). The van der Waals surface area contributed by atoms with Crippen LogP contribution < -0.4 is 0 Å². The molecule has 0 spiro atoms. The van der Waals surface area contributed by atoms with Gasteiger partial charge in [0, 0.05) is 0 Å². The monoisotopic (exact) mass is 229 g/mol. The SMILES string of the molecule is O=C(OCc1ccccc1)N1C2C=CC1CC2. The highest BCUT2D eigenvalue weighted by Crippen LogP contribution is 2.32. The zero-order chi connectivity index (χ0) is 11.7. The predicted molar refractivity (Wildman–Crippen MR) is 64.4 cm³/mol. The molecule has 1 fully saturated rings. The standard InChI is InChI=1S/C14H15NO2/c16-14(15-12-6-7-13(15)9-8-12)17-10-11-4-2-1-3-5-11/h1-7,12-13H,8-10H2. The Morgan fingerprint density at radius 3 is 2.41 bits per heavy atom. The third kappa shape index (κ3) is 1.93. The zero-order valence-corrected chi connectivity index (χ0v) is 9.58. The lowest BCUT2D eigenvalue weighted by molar-refractivity contribution is 0.0935. The quantitative estimate of drug-likeness (QED) is 0.730. The number of amides is 1. The van der Waals surface area contributed by atoms with Crippen molar-refractivity contribution in [3.05, 3.63) is 48.0 Å². The minimum absolute atomic E-state index is 0.189. The highest BCUT2D eigenvalue weighted by molar-refractivity contribution is 5.70. The molecule has 2 aliphatic heterocycles. The fourth-order valence-electron chi connectivity index (χ4n) is 2.56. The molecule has 2 unspecified atom stereocenters. The van der Waals surface area contributed by atoms with Gasteiger partial charge in [0.1, 0.15) is 6.61 Å². The van der Waals surface area contributed by atoms with Gasteiger partial charge in [-0.3, -0.25) is 4.90 Å². The minimum Gasteiger partial charge on any atom is -0.445 e. The van der Waals surface area contributed by atoms with Crippen molar-refractivity contribution >= 4 is 6.09 Å². The van der Waals surface area contributed by atoms with Crippen LogP contribution in [-0.4, -0.2) is 23.1 Å². The normalized spacial score (nSPS) is 25.3. The molecule has 0 saturated carbocycles. The van der Waals surface area contributed by atoms with Crippen LogP contribution in [0.2, 0.25) is 0 Å². The lowest BCUT2D eigenvalue weighted by Crippen LogP contribution is -2.36. The number of hydrogen-bond acceptors (Lipinski definition) is 2. The first-order chi connectivity index (χ1) is 8.34. The number of carbonyl (C=O) groups excluding carboxylic acids is 1. The van der Waals surface area contributed by atoms with Gasteiger partial charge in [0.05, 0.1) is 12.1 Å². The van der Waals surface area contributed by atoms with Crippen molar-refractivity contribution in [2.24, 2.45) is 0 Å². The molecule has 1 aromatic carbocycles. The van der Waals surface area contributed by atoms with Gasteiger partial charge in [0.25, 0.3) is 0 Å². The summed E-state index contributed by atoms with van der Waals surface area (Å²) in [6.45, 7) is 0.357. The van der Waals surface area contributed by atoms with Crippen LogP contribution in [0.15, 0.2) is 42.5 Å². The Bertz CT molecular complexity index is 427. The summed E-state index contributed by atoms with van der Waals surface area (Å²) in [6.07, 6.45) is 6.17. The minimum atomic E-state index is -0.189. The summed E-state index contributed by atoms with van der Waals surface area (Å²) < 4.78 is 5.34. The molecule has 2 aliphatic rings. The largest absolute Gasteiger partial charge is 0.445 e. The van der Waals surface area contributed by atoms with Gasteiger partial charge >= 0.3 is 6.09 Å². The van der Waals surface area contributed by atoms with E-state index in [1.807, 2.05) is 35.2 Å². The number of benzene rings is 1. The molecule has 3 nitrogen and oxygen atoms in total. The first-order valence-corrected chi connectivity index (χ1v) is 6.02. The van der Waals surface area contributed by atoms with E-state index in [4.69, 9.17) is 4.74 Å². The van der Waals surface area contributed by atoms with Crippen molar-refractivity contribution in [3.63, 3.8) is 0 Å². The Morgan fingerprint density at radius 1 is 1.18 bits per heavy atom. The second-order valence-electron chi connectivity index (χ2n) is 4.54.